The zero-order valence-electron chi connectivity index (χ0n) is 13.7. The van der Waals surface area contributed by atoms with E-state index in [0.717, 1.165) is 16.4 Å². The predicted molar refractivity (Wildman–Crippen MR) is 105 cm³/mol. The van der Waals surface area contributed by atoms with Crippen molar-refractivity contribution >= 4 is 59.8 Å². The van der Waals surface area contributed by atoms with Gasteiger partial charge in [0.25, 0.3) is 0 Å². The molecular formula is C17H15BrN4O3S. The Balaban J connectivity index is 1.91. The maximum absolute atomic E-state index is 11.8. The highest BCUT2D eigenvalue weighted by atomic mass is 79.9. The van der Waals surface area contributed by atoms with E-state index in [1.165, 1.54) is 6.33 Å². The first kappa shape index (κ1) is 18.3. The summed E-state index contributed by atoms with van der Waals surface area (Å²) in [6.07, 6.45) is 2.46. The van der Waals surface area contributed by atoms with Crippen molar-refractivity contribution in [2.45, 2.75) is 0 Å². The number of hydrogen-bond acceptors (Lipinski definition) is 6. The normalized spacial score (nSPS) is 11.3. The highest BCUT2D eigenvalue weighted by Crippen LogP contribution is 2.26. The second-order valence-corrected chi connectivity index (χ2v) is 8.76. The quantitative estimate of drug-likeness (QED) is 0.639. The van der Waals surface area contributed by atoms with Gasteiger partial charge in [-0.15, -0.1) is 0 Å². The van der Waals surface area contributed by atoms with Gasteiger partial charge in [0.1, 0.15) is 17.9 Å². The smallest absolute Gasteiger partial charge is 0.239 e. The molecule has 26 heavy (non-hydrogen) atoms. The SMILES string of the molecule is CS(=O)(=O)CC(=O)Nc1ccc2ncnc(Nc3cccc(Br)c3)c2c1. The Hall–Kier alpha value is -2.52. The summed E-state index contributed by atoms with van der Waals surface area (Å²) in [5.74, 6) is -0.586. The lowest BCUT2D eigenvalue weighted by Crippen LogP contribution is -2.21. The van der Waals surface area contributed by atoms with Gasteiger partial charge in [0, 0.05) is 27.5 Å². The molecule has 9 heteroatoms. The van der Waals surface area contributed by atoms with E-state index in [1.807, 2.05) is 24.3 Å². The molecule has 0 unspecified atom stereocenters. The number of fused-ring (bicyclic) bond motifs is 1. The van der Waals surface area contributed by atoms with Crippen LogP contribution in [0.25, 0.3) is 10.9 Å². The van der Waals surface area contributed by atoms with E-state index in [2.05, 4.69) is 36.5 Å². The number of sulfone groups is 1. The molecule has 0 aliphatic heterocycles. The van der Waals surface area contributed by atoms with E-state index in [0.29, 0.717) is 22.4 Å². The minimum atomic E-state index is -3.39. The summed E-state index contributed by atoms with van der Waals surface area (Å²) in [6.45, 7) is 0. The molecule has 7 nitrogen and oxygen atoms in total. The minimum Gasteiger partial charge on any atom is -0.340 e. The van der Waals surface area contributed by atoms with Crippen LogP contribution in [0.2, 0.25) is 0 Å². The molecule has 1 amide bonds. The Morgan fingerprint density at radius 2 is 1.92 bits per heavy atom. The van der Waals surface area contributed by atoms with Crippen molar-refractivity contribution in [1.82, 2.24) is 9.97 Å². The molecule has 3 aromatic rings. The number of nitrogens with zero attached hydrogens (tertiary/aromatic N) is 2. The molecule has 2 N–H and O–H groups in total. The van der Waals surface area contributed by atoms with Crippen molar-refractivity contribution in [3.63, 3.8) is 0 Å². The number of rotatable bonds is 5. The van der Waals surface area contributed by atoms with Gasteiger partial charge in [0.05, 0.1) is 5.52 Å². The predicted octanol–water partition coefficient (Wildman–Crippen LogP) is 3.12. The summed E-state index contributed by atoms with van der Waals surface area (Å²) >= 11 is 3.42. The summed E-state index contributed by atoms with van der Waals surface area (Å²) in [6, 6.07) is 12.7. The van der Waals surface area contributed by atoms with Gasteiger partial charge in [-0.1, -0.05) is 22.0 Å². The van der Waals surface area contributed by atoms with Gasteiger partial charge in [-0.2, -0.15) is 0 Å². The monoisotopic (exact) mass is 434 g/mol. The van der Waals surface area contributed by atoms with Gasteiger partial charge in [0.2, 0.25) is 5.91 Å². The highest BCUT2D eigenvalue weighted by Gasteiger charge is 2.12. The van der Waals surface area contributed by atoms with Gasteiger partial charge in [-0.3, -0.25) is 4.79 Å². The molecule has 0 atom stereocenters. The highest BCUT2D eigenvalue weighted by molar-refractivity contribution is 9.10. The van der Waals surface area contributed by atoms with Crippen molar-refractivity contribution in [2.24, 2.45) is 0 Å². The summed E-state index contributed by atoms with van der Waals surface area (Å²) in [7, 11) is -3.39. The van der Waals surface area contributed by atoms with Crippen LogP contribution in [0.4, 0.5) is 17.2 Å². The summed E-state index contributed by atoms with van der Waals surface area (Å²) in [5, 5.41) is 6.50. The molecule has 0 saturated carbocycles. The molecule has 0 aliphatic rings. The van der Waals surface area contributed by atoms with Crippen molar-refractivity contribution in [3.05, 3.63) is 53.3 Å². The minimum absolute atomic E-state index is 0.471. The molecule has 1 aromatic heterocycles. The molecular weight excluding hydrogens is 420 g/mol. The van der Waals surface area contributed by atoms with Crippen LogP contribution in [0.1, 0.15) is 0 Å². The average Bonchev–Trinajstić information content (AvgIpc) is 2.53. The largest absolute Gasteiger partial charge is 0.340 e. The van der Waals surface area contributed by atoms with E-state index < -0.39 is 21.5 Å². The number of amides is 1. The summed E-state index contributed by atoms with van der Waals surface area (Å²) < 4.78 is 23.4. The number of nitrogens with one attached hydrogen (secondary N) is 2. The van der Waals surface area contributed by atoms with Crippen LogP contribution in [0, 0.1) is 0 Å². The van der Waals surface area contributed by atoms with Crippen LogP contribution in [0.15, 0.2) is 53.3 Å². The topological polar surface area (TPSA) is 101 Å². The number of carbonyl (C=O) groups is 1. The van der Waals surface area contributed by atoms with Crippen LogP contribution >= 0.6 is 15.9 Å². The number of benzene rings is 2. The van der Waals surface area contributed by atoms with Crippen molar-refractivity contribution in [3.8, 4) is 0 Å². The fraction of sp³-hybridized carbons (Fsp3) is 0.118. The van der Waals surface area contributed by atoms with Crippen LogP contribution in [-0.4, -0.2) is 36.3 Å². The second kappa shape index (κ2) is 7.38. The number of hydrogen-bond donors (Lipinski definition) is 2. The van der Waals surface area contributed by atoms with E-state index in [4.69, 9.17) is 0 Å². The third kappa shape index (κ3) is 4.77. The molecule has 0 aliphatic carbocycles. The Kier molecular flexibility index (Phi) is 5.19. The van der Waals surface area contributed by atoms with Crippen molar-refractivity contribution < 1.29 is 13.2 Å². The molecule has 134 valence electrons. The lowest BCUT2D eigenvalue weighted by atomic mass is 10.2. The lowest BCUT2D eigenvalue weighted by Gasteiger charge is -2.10. The van der Waals surface area contributed by atoms with Crippen LogP contribution in [-0.2, 0) is 14.6 Å². The number of halogens is 1. The van der Waals surface area contributed by atoms with Gasteiger partial charge in [0.15, 0.2) is 9.84 Å². The first-order chi connectivity index (χ1) is 12.3. The molecule has 1 heterocycles. The van der Waals surface area contributed by atoms with E-state index in [9.17, 15) is 13.2 Å². The average molecular weight is 435 g/mol. The third-order valence-corrected chi connectivity index (χ3v) is 4.68. The molecule has 0 saturated heterocycles. The Morgan fingerprint density at radius 1 is 1.12 bits per heavy atom. The molecule has 0 radical (unpaired) electrons. The van der Waals surface area contributed by atoms with Gasteiger partial charge in [-0.05, 0) is 36.4 Å². The molecule has 3 rings (SSSR count). The van der Waals surface area contributed by atoms with Crippen molar-refractivity contribution in [1.29, 1.82) is 0 Å². The Labute approximate surface area is 158 Å². The fourth-order valence-electron chi connectivity index (χ4n) is 2.37. The van der Waals surface area contributed by atoms with Crippen LogP contribution in [0.5, 0.6) is 0 Å². The van der Waals surface area contributed by atoms with E-state index >= 15 is 0 Å². The standard InChI is InChI=1S/C17H15BrN4O3S/c1-26(24,25)9-16(23)21-13-5-6-15-14(8-13)17(20-10-19-15)22-12-4-2-3-11(18)7-12/h2-8,10H,9H2,1H3,(H,21,23)(H,19,20,22). The second-order valence-electron chi connectivity index (χ2n) is 5.71. The van der Waals surface area contributed by atoms with Crippen molar-refractivity contribution in [2.75, 3.05) is 22.6 Å². The van der Waals surface area contributed by atoms with Crippen LogP contribution < -0.4 is 10.6 Å². The number of carbonyl (C=O) groups excluding carboxylic acids is 1. The molecule has 0 spiro atoms. The Morgan fingerprint density at radius 3 is 2.65 bits per heavy atom. The molecule has 0 bridgehead atoms. The Bertz CT molecular complexity index is 1090. The van der Waals surface area contributed by atoms with Gasteiger partial charge >= 0.3 is 0 Å². The maximum atomic E-state index is 11.8. The van der Waals surface area contributed by atoms with E-state index in [1.54, 1.807) is 18.2 Å². The first-order valence-electron chi connectivity index (χ1n) is 7.55. The van der Waals surface area contributed by atoms with Gasteiger partial charge in [-0.25, -0.2) is 18.4 Å². The number of aromatic nitrogens is 2. The third-order valence-electron chi connectivity index (χ3n) is 3.40. The maximum Gasteiger partial charge on any atom is 0.239 e. The first-order valence-corrected chi connectivity index (χ1v) is 10.4. The lowest BCUT2D eigenvalue weighted by molar-refractivity contribution is -0.113. The zero-order chi connectivity index (χ0) is 18.7. The fourth-order valence-corrected chi connectivity index (χ4v) is 3.32. The molecule has 0 fully saturated rings. The molecule has 2 aromatic carbocycles. The zero-order valence-corrected chi connectivity index (χ0v) is 16.1. The van der Waals surface area contributed by atoms with Gasteiger partial charge < -0.3 is 10.6 Å². The summed E-state index contributed by atoms with van der Waals surface area (Å²) in [4.78, 5) is 20.3. The number of anilines is 3. The van der Waals surface area contributed by atoms with E-state index in [-0.39, 0.29) is 0 Å². The van der Waals surface area contributed by atoms with Crippen LogP contribution in [0.3, 0.4) is 0 Å². The summed E-state index contributed by atoms with van der Waals surface area (Å²) in [5.41, 5.74) is 2.00.